The molecule has 5 nitrogen and oxygen atoms in total. The molecular formula is C19H18N2O3. The molecule has 0 saturated heterocycles. The summed E-state index contributed by atoms with van der Waals surface area (Å²) in [5.41, 5.74) is 3.36. The van der Waals surface area contributed by atoms with Crippen molar-refractivity contribution in [1.82, 2.24) is 10.1 Å². The minimum atomic E-state index is -0.0408. The number of benzene rings is 2. The molecule has 4 rings (SSSR count). The minimum Gasteiger partial charge on any atom is -0.496 e. The van der Waals surface area contributed by atoms with Gasteiger partial charge in [0.05, 0.1) is 31.8 Å². The summed E-state index contributed by atoms with van der Waals surface area (Å²) in [5, 5.41) is 4.09. The SMILES string of the molecule is COc1ccccc1-c1noc(CC2OCCc3ccccc32)n1. The zero-order valence-electron chi connectivity index (χ0n) is 13.4. The fourth-order valence-electron chi connectivity index (χ4n) is 3.08. The van der Waals surface area contributed by atoms with Crippen molar-refractivity contribution in [2.24, 2.45) is 0 Å². The predicted octanol–water partition coefficient (Wildman–Crippen LogP) is 3.60. The van der Waals surface area contributed by atoms with Crippen molar-refractivity contribution in [2.45, 2.75) is 18.9 Å². The van der Waals surface area contributed by atoms with Gasteiger partial charge >= 0.3 is 0 Å². The van der Waals surface area contributed by atoms with E-state index >= 15 is 0 Å². The highest BCUT2D eigenvalue weighted by atomic mass is 16.5. The zero-order chi connectivity index (χ0) is 16.4. The Kier molecular flexibility index (Phi) is 4.01. The fraction of sp³-hybridized carbons (Fsp3) is 0.263. The van der Waals surface area contributed by atoms with Crippen molar-refractivity contribution in [3.63, 3.8) is 0 Å². The van der Waals surface area contributed by atoms with Crippen molar-refractivity contribution in [3.8, 4) is 17.1 Å². The second kappa shape index (κ2) is 6.45. The van der Waals surface area contributed by atoms with Crippen LogP contribution in [0.15, 0.2) is 53.1 Å². The highest BCUT2D eigenvalue weighted by Crippen LogP contribution is 2.31. The topological polar surface area (TPSA) is 57.4 Å². The fourth-order valence-corrected chi connectivity index (χ4v) is 3.08. The van der Waals surface area contributed by atoms with E-state index in [0.29, 0.717) is 18.1 Å². The van der Waals surface area contributed by atoms with Gasteiger partial charge in [0, 0.05) is 0 Å². The average molecular weight is 322 g/mol. The van der Waals surface area contributed by atoms with Crippen molar-refractivity contribution in [2.75, 3.05) is 13.7 Å². The van der Waals surface area contributed by atoms with E-state index < -0.39 is 0 Å². The molecule has 5 heteroatoms. The molecule has 0 aliphatic carbocycles. The molecule has 1 atom stereocenters. The van der Waals surface area contributed by atoms with E-state index in [1.807, 2.05) is 30.3 Å². The molecule has 1 unspecified atom stereocenters. The molecule has 0 amide bonds. The van der Waals surface area contributed by atoms with E-state index in [1.54, 1.807) is 7.11 Å². The summed E-state index contributed by atoms with van der Waals surface area (Å²) in [5.74, 6) is 1.83. The van der Waals surface area contributed by atoms with Crippen LogP contribution in [0, 0.1) is 0 Å². The van der Waals surface area contributed by atoms with Crippen LogP contribution < -0.4 is 4.74 Å². The Balaban J connectivity index is 1.59. The van der Waals surface area contributed by atoms with E-state index in [9.17, 15) is 0 Å². The molecule has 0 radical (unpaired) electrons. The molecular weight excluding hydrogens is 304 g/mol. The smallest absolute Gasteiger partial charge is 0.229 e. The zero-order valence-corrected chi connectivity index (χ0v) is 13.4. The van der Waals surface area contributed by atoms with Gasteiger partial charge < -0.3 is 14.0 Å². The van der Waals surface area contributed by atoms with Crippen LogP contribution in [0.2, 0.25) is 0 Å². The van der Waals surface area contributed by atoms with Crippen molar-refractivity contribution in [3.05, 3.63) is 65.5 Å². The van der Waals surface area contributed by atoms with Crippen LogP contribution in [0.5, 0.6) is 5.75 Å². The van der Waals surface area contributed by atoms with E-state index in [2.05, 4.69) is 28.3 Å². The predicted molar refractivity (Wildman–Crippen MR) is 88.8 cm³/mol. The molecule has 2 heterocycles. The number of methoxy groups -OCH3 is 1. The first-order chi connectivity index (χ1) is 11.8. The standard InChI is InChI=1S/C19H18N2O3/c1-22-16-9-5-4-8-15(16)19-20-18(24-21-19)12-17-14-7-3-2-6-13(14)10-11-23-17/h2-9,17H,10-12H2,1H3. The Hall–Kier alpha value is -2.66. The minimum absolute atomic E-state index is 0.0408. The Labute approximate surface area is 140 Å². The number of aromatic nitrogens is 2. The van der Waals surface area contributed by atoms with Crippen LogP contribution >= 0.6 is 0 Å². The van der Waals surface area contributed by atoms with Gasteiger partial charge in [0.15, 0.2) is 0 Å². The lowest BCUT2D eigenvalue weighted by molar-refractivity contribution is 0.0375. The van der Waals surface area contributed by atoms with E-state index in [4.69, 9.17) is 14.0 Å². The van der Waals surface area contributed by atoms with Gasteiger partial charge in [-0.3, -0.25) is 0 Å². The Bertz CT molecular complexity index is 844. The molecule has 0 saturated carbocycles. The first-order valence-corrected chi connectivity index (χ1v) is 8.00. The molecule has 1 aliphatic heterocycles. The maximum Gasteiger partial charge on any atom is 0.229 e. The van der Waals surface area contributed by atoms with Gasteiger partial charge in [-0.15, -0.1) is 0 Å². The molecule has 122 valence electrons. The van der Waals surface area contributed by atoms with Gasteiger partial charge in [0.2, 0.25) is 11.7 Å². The van der Waals surface area contributed by atoms with Crippen LogP contribution in [0.25, 0.3) is 11.4 Å². The van der Waals surface area contributed by atoms with E-state index in [-0.39, 0.29) is 6.10 Å². The van der Waals surface area contributed by atoms with Gasteiger partial charge in [-0.05, 0) is 29.7 Å². The maximum atomic E-state index is 5.92. The molecule has 1 aromatic heterocycles. The summed E-state index contributed by atoms with van der Waals surface area (Å²) in [6, 6.07) is 16.0. The van der Waals surface area contributed by atoms with Crippen LogP contribution in [-0.4, -0.2) is 23.9 Å². The Morgan fingerprint density at radius 3 is 2.88 bits per heavy atom. The third kappa shape index (κ3) is 2.78. The first kappa shape index (κ1) is 14.9. The molecule has 3 aromatic rings. The van der Waals surface area contributed by atoms with Crippen molar-refractivity contribution >= 4 is 0 Å². The number of hydrogen-bond acceptors (Lipinski definition) is 5. The molecule has 0 fully saturated rings. The van der Waals surface area contributed by atoms with E-state index in [0.717, 1.165) is 24.3 Å². The number of nitrogens with zero attached hydrogens (tertiary/aromatic N) is 2. The largest absolute Gasteiger partial charge is 0.496 e. The summed E-state index contributed by atoms with van der Waals surface area (Å²) in [6.07, 6.45) is 1.48. The lowest BCUT2D eigenvalue weighted by atomic mass is 9.96. The summed E-state index contributed by atoms with van der Waals surface area (Å²) in [4.78, 5) is 4.52. The molecule has 0 N–H and O–H groups in total. The first-order valence-electron chi connectivity index (χ1n) is 8.00. The van der Waals surface area contributed by atoms with Crippen molar-refractivity contribution < 1.29 is 14.0 Å². The van der Waals surface area contributed by atoms with Gasteiger partial charge in [-0.1, -0.05) is 41.6 Å². The van der Waals surface area contributed by atoms with Gasteiger partial charge in [-0.2, -0.15) is 4.98 Å². The average Bonchev–Trinajstić information content (AvgIpc) is 3.10. The molecule has 0 spiro atoms. The number of fused-ring (bicyclic) bond motifs is 1. The number of para-hydroxylation sites is 1. The second-order valence-corrected chi connectivity index (χ2v) is 5.72. The maximum absolute atomic E-state index is 5.92. The summed E-state index contributed by atoms with van der Waals surface area (Å²) in [6.45, 7) is 0.717. The quantitative estimate of drug-likeness (QED) is 0.734. The van der Waals surface area contributed by atoms with Crippen LogP contribution in [-0.2, 0) is 17.6 Å². The molecule has 0 bridgehead atoms. The highest BCUT2D eigenvalue weighted by Gasteiger charge is 2.23. The number of ether oxygens (including phenoxy) is 2. The Morgan fingerprint density at radius 1 is 1.12 bits per heavy atom. The van der Waals surface area contributed by atoms with Crippen LogP contribution in [0.3, 0.4) is 0 Å². The summed E-state index contributed by atoms with van der Waals surface area (Å²) >= 11 is 0. The summed E-state index contributed by atoms with van der Waals surface area (Å²) in [7, 11) is 1.63. The van der Waals surface area contributed by atoms with Gasteiger partial charge in [0.1, 0.15) is 5.75 Å². The van der Waals surface area contributed by atoms with Gasteiger partial charge in [-0.25, -0.2) is 0 Å². The highest BCUT2D eigenvalue weighted by molar-refractivity contribution is 5.63. The molecule has 24 heavy (non-hydrogen) atoms. The lowest BCUT2D eigenvalue weighted by Gasteiger charge is -2.24. The summed E-state index contributed by atoms with van der Waals surface area (Å²) < 4.78 is 16.7. The van der Waals surface area contributed by atoms with E-state index in [1.165, 1.54) is 11.1 Å². The normalized spacial score (nSPS) is 16.6. The lowest BCUT2D eigenvalue weighted by Crippen LogP contribution is -2.18. The Morgan fingerprint density at radius 2 is 1.96 bits per heavy atom. The van der Waals surface area contributed by atoms with Gasteiger partial charge in [0.25, 0.3) is 0 Å². The third-order valence-corrected chi connectivity index (χ3v) is 4.27. The molecule has 1 aliphatic rings. The second-order valence-electron chi connectivity index (χ2n) is 5.72. The van der Waals surface area contributed by atoms with Crippen LogP contribution in [0.1, 0.15) is 23.1 Å². The monoisotopic (exact) mass is 322 g/mol. The number of hydrogen-bond donors (Lipinski definition) is 0. The number of rotatable bonds is 4. The van der Waals surface area contributed by atoms with Crippen molar-refractivity contribution in [1.29, 1.82) is 0 Å². The third-order valence-electron chi connectivity index (χ3n) is 4.27. The molecule has 2 aromatic carbocycles. The van der Waals surface area contributed by atoms with Crippen LogP contribution in [0.4, 0.5) is 0 Å².